The maximum atomic E-state index is 12.0. The molecule has 0 spiro atoms. The van der Waals surface area contributed by atoms with E-state index < -0.39 is 0 Å². The number of hydrogen-bond donors (Lipinski definition) is 1. The van der Waals surface area contributed by atoms with Crippen molar-refractivity contribution < 1.29 is 9.53 Å². The minimum absolute atomic E-state index is 0.0968. The second kappa shape index (κ2) is 7.86. The molecule has 0 saturated carbocycles. The van der Waals surface area contributed by atoms with Crippen LogP contribution in [0.4, 0.5) is 0 Å². The minimum Gasteiger partial charge on any atom is -0.496 e. The number of benzene rings is 2. The summed E-state index contributed by atoms with van der Waals surface area (Å²) in [5.74, 6) is 0.637. The molecule has 1 N–H and O–H groups in total. The van der Waals surface area contributed by atoms with Crippen molar-refractivity contribution in [3.8, 4) is 5.75 Å². The molecule has 0 radical (unpaired) electrons. The van der Waals surface area contributed by atoms with Crippen LogP contribution in [-0.2, 0) is 17.8 Å². The van der Waals surface area contributed by atoms with Crippen LogP contribution in [0.15, 0.2) is 40.9 Å². The topological polar surface area (TPSA) is 38.3 Å². The third-order valence-corrected chi connectivity index (χ3v) is 4.30. The van der Waals surface area contributed by atoms with Gasteiger partial charge in [0.25, 0.3) is 0 Å². The molecule has 2 aromatic rings. The van der Waals surface area contributed by atoms with Gasteiger partial charge in [0.05, 0.1) is 23.6 Å². The molecular weight excluding hydrogens is 389 g/mol. The third-order valence-electron chi connectivity index (χ3n) is 3.07. The van der Waals surface area contributed by atoms with E-state index in [9.17, 15) is 4.79 Å². The first-order chi connectivity index (χ1) is 10.5. The predicted molar refractivity (Wildman–Crippen MR) is 92.7 cm³/mol. The van der Waals surface area contributed by atoms with Crippen molar-refractivity contribution in [3.63, 3.8) is 0 Å². The van der Waals surface area contributed by atoms with Crippen LogP contribution >= 0.6 is 39.1 Å². The summed E-state index contributed by atoms with van der Waals surface area (Å²) in [4.78, 5) is 12.0. The Hall–Kier alpha value is -1.23. The zero-order valence-electron chi connectivity index (χ0n) is 11.8. The number of nitrogens with one attached hydrogen (secondary N) is 1. The number of carbonyl (C=O) groups excluding carboxylic acids is 1. The Balaban J connectivity index is 1.98. The van der Waals surface area contributed by atoms with E-state index in [0.29, 0.717) is 16.6 Å². The van der Waals surface area contributed by atoms with Crippen LogP contribution in [-0.4, -0.2) is 13.0 Å². The Morgan fingerprint density at radius 3 is 2.64 bits per heavy atom. The highest BCUT2D eigenvalue weighted by Crippen LogP contribution is 2.24. The highest BCUT2D eigenvalue weighted by molar-refractivity contribution is 9.10. The number of methoxy groups -OCH3 is 1. The molecule has 2 rings (SSSR count). The molecule has 6 heteroatoms. The van der Waals surface area contributed by atoms with E-state index in [2.05, 4.69) is 21.2 Å². The van der Waals surface area contributed by atoms with E-state index in [-0.39, 0.29) is 12.3 Å². The average molecular weight is 403 g/mol. The normalized spacial score (nSPS) is 10.4. The van der Waals surface area contributed by atoms with Gasteiger partial charge < -0.3 is 10.1 Å². The van der Waals surface area contributed by atoms with Gasteiger partial charge in [-0.15, -0.1) is 0 Å². The van der Waals surface area contributed by atoms with Gasteiger partial charge >= 0.3 is 0 Å². The first-order valence-electron chi connectivity index (χ1n) is 6.52. The molecule has 0 atom stereocenters. The molecule has 3 nitrogen and oxygen atoms in total. The standard InChI is InChI=1S/C16H14BrCl2NO2/c1-22-15-5-3-12(17)8-11(15)9-20-16(21)7-10-2-4-13(18)14(19)6-10/h2-6,8H,7,9H2,1H3,(H,20,21). The van der Waals surface area contributed by atoms with E-state index in [1.54, 1.807) is 25.3 Å². The lowest BCUT2D eigenvalue weighted by atomic mass is 10.1. The fraction of sp³-hybridized carbons (Fsp3) is 0.188. The molecule has 0 aliphatic carbocycles. The van der Waals surface area contributed by atoms with Crippen molar-refractivity contribution >= 4 is 45.0 Å². The summed E-state index contributed by atoms with van der Waals surface area (Å²) in [6.07, 6.45) is 0.243. The quantitative estimate of drug-likeness (QED) is 0.792. The van der Waals surface area contributed by atoms with Gasteiger partial charge in [-0.05, 0) is 35.9 Å². The predicted octanol–water partition coefficient (Wildman–Crippen LogP) is 4.62. The van der Waals surface area contributed by atoms with E-state index in [1.165, 1.54) is 0 Å². The maximum Gasteiger partial charge on any atom is 0.224 e. The zero-order valence-corrected chi connectivity index (χ0v) is 14.9. The molecule has 1 amide bonds. The molecule has 116 valence electrons. The molecular formula is C16H14BrCl2NO2. The van der Waals surface area contributed by atoms with Gasteiger partial charge in [-0.1, -0.05) is 45.2 Å². The molecule has 0 heterocycles. The Labute approximate surface area is 147 Å². The van der Waals surface area contributed by atoms with Crippen LogP contribution < -0.4 is 10.1 Å². The van der Waals surface area contributed by atoms with Crippen molar-refractivity contribution in [2.75, 3.05) is 7.11 Å². The van der Waals surface area contributed by atoms with Crippen LogP contribution in [0.1, 0.15) is 11.1 Å². The number of hydrogen-bond acceptors (Lipinski definition) is 2. The lowest BCUT2D eigenvalue weighted by Gasteiger charge is -2.10. The molecule has 0 bridgehead atoms. The van der Waals surface area contributed by atoms with Gasteiger partial charge in [0.2, 0.25) is 5.91 Å². The van der Waals surface area contributed by atoms with Crippen molar-refractivity contribution in [1.82, 2.24) is 5.32 Å². The number of rotatable bonds is 5. The van der Waals surface area contributed by atoms with Gasteiger partial charge in [0, 0.05) is 16.6 Å². The highest BCUT2D eigenvalue weighted by atomic mass is 79.9. The van der Waals surface area contributed by atoms with Crippen LogP contribution in [0.5, 0.6) is 5.75 Å². The molecule has 0 aliphatic heterocycles. The third kappa shape index (κ3) is 4.63. The SMILES string of the molecule is COc1ccc(Br)cc1CNC(=O)Cc1ccc(Cl)c(Cl)c1. The zero-order chi connectivity index (χ0) is 16.1. The number of halogens is 3. The largest absolute Gasteiger partial charge is 0.496 e. The highest BCUT2D eigenvalue weighted by Gasteiger charge is 2.08. The van der Waals surface area contributed by atoms with Gasteiger partial charge in [0.15, 0.2) is 0 Å². The van der Waals surface area contributed by atoms with Crippen LogP contribution in [0.3, 0.4) is 0 Å². The molecule has 0 saturated heterocycles. The second-order valence-electron chi connectivity index (χ2n) is 4.66. The molecule has 22 heavy (non-hydrogen) atoms. The first-order valence-corrected chi connectivity index (χ1v) is 8.07. The smallest absolute Gasteiger partial charge is 0.224 e. The summed E-state index contributed by atoms with van der Waals surface area (Å²) in [5, 5.41) is 3.79. The minimum atomic E-state index is -0.0968. The van der Waals surface area contributed by atoms with E-state index in [1.807, 2.05) is 18.2 Å². The van der Waals surface area contributed by atoms with Crippen LogP contribution in [0, 0.1) is 0 Å². The summed E-state index contributed by atoms with van der Waals surface area (Å²) in [6, 6.07) is 10.8. The number of amides is 1. The van der Waals surface area contributed by atoms with Gasteiger partial charge in [-0.2, -0.15) is 0 Å². The fourth-order valence-corrected chi connectivity index (χ4v) is 2.71. The van der Waals surface area contributed by atoms with E-state index >= 15 is 0 Å². The molecule has 0 unspecified atom stereocenters. The van der Waals surface area contributed by atoms with Crippen molar-refractivity contribution in [2.24, 2.45) is 0 Å². The fourth-order valence-electron chi connectivity index (χ4n) is 1.98. The summed E-state index contributed by atoms with van der Waals surface area (Å²) in [7, 11) is 1.60. The Kier molecular flexibility index (Phi) is 6.12. The van der Waals surface area contributed by atoms with Crippen LogP contribution in [0.25, 0.3) is 0 Å². The lowest BCUT2D eigenvalue weighted by molar-refractivity contribution is -0.120. The monoisotopic (exact) mass is 401 g/mol. The molecule has 0 aliphatic rings. The first kappa shape index (κ1) is 17.1. The van der Waals surface area contributed by atoms with Gasteiger partial charge in [-0.3, -0.25) is 4.79 Å². The average Bonchev–Trinajstić information content (AvgIpc) is 2.49. The number of ether oxygens (including phenoxy) is 1. The van der Waals surface area contributed by atoms with Crippen molar-refractivity contribution in [1.29, 1.82) is 0 Å². The Bertz CT molecular complexity index is 692. The Morgan fingerprint density at radius 2 is 1.95 bits per heavy atom. The number of carbonyl (C=O) groups is 1. The molecule has 0 aromatic heterocycles. The van der Waals surface area contributed by atoms with Crippen molar-refractivity contribution in [3.05, 3.63) is 62.0 Å². The molecule has 0 fully saturated rings. The maximum absolute atomic E-state index is 12.0. The van der Waals surface area contributed by atoms with Crippen molar-refractivity contribution in [2.45, 2.75) is 13.0 Å². The summed E-state index contributed by atoms with van der Waals surface area (Å²) in [5.41, 5.74) is 1.72. The summed E-state index contributed by atoms with van der Waals surface area (Å²) < 4.78 is 6.21. The molecule has 2 aromatic carbocycles. The second-order valence-corrected chi connectivity index (χ2v) is 6.39. The van der Waals surface area contributed by atoms with Gasteiger partial charge in [0.1, 0.15) is 5.75 Å². The van der Waals surface area contributed by atoms with E-state index in [0.717, 1.165) is 21.3 Å². The Morgan fingerprint density at radius 1 is 1.18 bits per heavy atom. The lowest BCUT2D eigenvalue weighted by Crippen LogP contribution is -2.24. The van der Waals surface area contributed by atoms with Crippen LogP contribution in [0.2, 0.25) is 10.0 Å². The van der Waals surface area contributed by atoms with E-state index in [4.69, 9.17) is 27.9 Å². The summed E-state index contributed by atoms with van der Waals surface area (Å²) in [6.45, 7) is 0.392. The van der Waals surface area contributed by atoms with Gasteiger partial charge in [-0.25, -0.2) is 0 Å². The summed E-state index contributed by atoms with van der Waals surface area (Å²) >= 11 is 15.2.